The fourth-order valence-electron chi connectivity index (χ4n) is 5.01. The number of nitrogens with zero attached hydrogens (tertiary/aromatic N) is 4. The largest absolute Gasteiger partial charge is 0.418 e. The maximum Gasteiger partial charge on any atom is 0.418 e. The second kappa shape index (κ2) is 9.95. The van der Waals surface area contributed by atoms with E-state index in [-0.39, 0.29) is 28.2 Å². The third-order valence-corrected chi connectivity index (χ3v) is 8.97. The molecule has 0 aliphatic carbocycles. The molecule has 2 atom stereocenters. The molecule has 4 aromatic rings. The molecule has 2 aromatic heterocycles. The van der Waals surface area contributed by atoms with Crippen molar-refractivity contribution >= 4 is 32.4 Å². The Morgan fingerprint density at radius 1 is 0.947 bits per heavy atom. The number of alkyl halides is 3. The standard InChI is InChI=1S/C27H26F3N5O2S/c1-17-5-3-6-18(2)35(17)38(36,37)21-11-9-20(10-12-21)34-26-22-13-8-19(15-24(22)32-16-33-26)25-23(27(28,29)30)7-4-14-31-25/h4,7-18H,3,5-6H2,1-2H3,(H,32,33,34). The number of halogens is 3. The van der Waals surface area contributed by atoms with Crippen molar-refractivity contribution in [3.8, 4) is 11.3 Å². The van der Waals surface area contributed by atoms with Gasteiger partial charge in [0.1, 0.15) is 12.1 Å². The van der Waals surface area contributed by atoms with Gasteiger partial charge in [-0.05, 0) is 75.2 Å². The third-order valence-electron chi connectivity index (χ3n) is 6.83. The normalized spacial score (nSPS) is 19.0. The summed E-state index contributed by atoms with van der Waals surface area (Å²) in [4.78, 5) is 12.7. The fraction of sp³-hybridized carbons (Fsp3) is 0.296. The van der Waals surface area contributed by atoms with Crippen molar-refractivity contribution in [1.82, 2.24) is 19.3 Å². The number of benzene rings is 2. The first-order valence-corrected chi connectivity index (χ1v) is 13.7. The average Bonchev–Trinajstić information content (AvgIpc) is 2.88. The highest BCUT2D eigenvalue weighted by Gasteiger charge is 2.36. The van der Waals surface area contributed by atoms with Crippen LogP contribution in [0.25, 0.3) is 22.2 Å². The molecule has 5 rings (SSSR count). The highest BCUT2D eigenvalue weighted by atomic mass is 32.2. The minimum absolute atomic E-state index is 0.0582. The van der Waals surface area contributed by atoms with Gasteiger partial charge in [0.05, 0.1) is 21.7 Å². The molecular weight excluding hydrogens is 515 g/mol. The second-order valence-electron chi connectivity index (χ2n) is 9.46. The first-order chi connectivity index (χ1) is 18.1. The Kier molecular flexibility index (Phi) is 6.83. The molecule has 1 N–H and O–H groups in total. The van der Waals surface area contributed by atoms with Gasteiger partial charge in [0.25, 0.3) is 0 Å². The van der Waals surface area contributed by atoms with Gasteiger partial charge in [0.2, 0.25) is 10.0 Å². The van der Waals surface area contributed by atoms with Crippen LogP contribution in [0.5, 0.6) is 0 Å². The van der Waals surface area contributed by atoms with Gasteiger partial charge in [-0.3, -0.25) is 4.98 Å². The highest BCUT2D eigenvalue weighted by Crippen LogP contribution is 2.37. The summed E-state index contributed by atoms with van der Waals surface area (Å²) >= 11 is 0. The Labute approximate surface area is 218 Å². The van der Waals surface area contributed by atoms with Crippen molar-refractivity contribution in [1.29, 1.82) is 0 Å². The van der Waals surface area contributed by atoms with Gasteiger partial charge in [-0.2, -0.15) is 17.5 Å². The zero-order chi connectivity index (χ0) is 27.1. The molecule has 0 spiro atoms. The Morgan fingerprint density at radius 2 is 1.66 bits per heavy atom. The van der Waals surface area contributed by atoms with Crippen molar-refractivity contribution in [2.75, 3.05) is 5.32 Å². The lowest BCUT2D eigenvalue weighted by Crippen LogP contribution is -2.47. The Morgan fingerprint density at radius 3 is 2.34 bits per heavy atom. The summed E-state index contributed by atoms with van der Waals surface area (Å²) in [6.07, 6.45) is 0.776. The predicted octanol–water partition coefficient (Wildman–Crippen LogP) is 6.41. The van der Waals surface area contributed by atoms with Crippen LogP contribution in [0.15, 0.2) is 72.0 Å². The summed E-state index contributed by atoms with van der Waals surface area (Å²) in [6, 6.07) is 13.3. The number of hydrogen-bond acceptors (Lipinski definition) is 6. The lowest BCUT2D eigenvalue weighted by molar-refractivity contribution is -0.137. The van der Waals surface area contributed by atoms with Gasteiger partial charge < -0.3 is 5.32 Å². The van der Waals surface area contributed by atoms with Gasteiger partial charge in [-0.15, -0.1) is 0 Å². The van der Waals surface area contributed by atoms with Crippen molar-refractivity contribution in [3.05, 3.63) is 72.7 Å². The van der Waals surface area contributed by atoms with Crippen LogP contribution in [0.2, 0.25) is 0 Å². The monoisotopic (exact) mass is 541 g/mol. The molecule has 0 saturated carbocycles. The molecule has 1 fully saturated rings. The van der Waals surface area contributed by atoms with Crippen molar-refractivity contribution in [2.24, 2.45) is 0 Å². The zero-order valence-electron chi connectivity index (χ0n) is 20.8. The topological polar surface area (TPSA) is 88.1 Å². The Bertz CT molecular complexity index is 1570. The van der Waals surface area contributed by atoms with E-state index in [0.717, 1.165) is 25.3 Å². The lowest BCUT2D eigenvalue weighted by atomic mass is 10.0. The number of nitrogens with one attached hydrogen (secondary N) is 1. The zero-order valence-corrected chi connectivity index (χ0v) is 21.6. The van der Waals surface area contributed by atoms with E-state index in [0.29, 0.717) is 22.4 Å². The van der Waals surface area contributed by atoms with Crippen LogP contribution in [0.1, 0.15) is 38.7 Å². The molecule has 2 unspecified atom stereocenters. The van der Waals surface area contributed by atoms with Gasteiger partial charge in [-0.1, -0.05) is 12.5 Å². The smallest absolute Gasteiger partial charge is 0.340 e. The van der Waals surface area contributed by atoms with E-state index in [1.807, 2.05) is 13.8 Å². The summed E-state index contributed by atoms with van der Waals surface area (Å²) in [5.74, 6) is 0.437. The van der Waals surface area contributed by atoms with Gasteiger partial charge in [0, 0.05) is 34.9 Å². The number of aromatic nitrogens is 3. The maximum absolute atomic E-state index is 13.5. The molecule has 0 radical (unpaired) electrons. The van der Waals surface area contributed by atoms with Crippen LogP contribution in [0.3, 0.4) is 0 Å². The maximum atomic E-state index is 13.5. The quantitative estimate of drug-likeness (QED) is 0.314. The summed E-state index contributed by atoms with van der Waals surface area (Å²) < 4.78 is 68.6. The Balaban J connectivity index is 1.42. The summed E-state index contributed by atoms with van der Waals surface area (Å²) in [7, 11) is -3.64. The predicted molar refractivity (Wildman–Crippen MR) is 139 cm³/mol. The summed E-state index contributed by atoms with van der Waals surface area (Å²) in [5.41, 5.74) is 0.327. The highest BCUT2D eigenvalue weighted by molar-refractivity contribution is 7.89. The first-order valence-electron chi connectivity index (χ1n) is 12.2. The molecule has 198 valence electrons. The second-order valence-corrected chi connectivity index (χ2v) is 11.3. The van der Waals surface area contributed by atoms with Crippen molar-refractivity contribution in [2.45, 2.75) is 56.3 Å². The van der Waals surface area contributed by atoms with Crippen molar-refractivity contribution in [3.63, 3.8) is 0 Å². The Hall–Kier alpha value is -3.57. The van der Waals surface area contributed by atoms with Crippen LogP contribution >= 0.6 is 0 Å². The molecule has 2 aromatic carbocycles. The van der Waals surface area contributed by atoms with Crippen LogP contribution < -0.4 is 5.32 Å². The molecular formula is C27H26F3N5O2S. The number of hydrogen-bond donors (Lipinski definition) is 1. The molecule has 1 aliphatic rings. The fourth-order valence-corrected chi connectivity index (χ4v) is 6.89. The summed E-state index contributed by atoms with van der Waals surface area (Å²) in [5, 5.41) is 3.75. The van der Waals surface area contributed by atoms with Gasteiger partial charge in [-0.25, -0.2) is 18.4 Å². The molecule has 3 heterocycles. The van der Waals surface area contributed by atoms with E-state index in [4.69, 9.17) is 0 Å². The molecule has 0 bridgehead atoms. The number of fused-ring (bicyclic) bond motifs is 1. The number of rotatable bonds is 5. The van der Waals surface area contributed by atoms with Crippen molar-refractivity contribution < 1.29 is 21.6 Å². The molecule has 11 heteroatoms. The van der Waals surface area contributed by atoms with E-state index in [1.54, 1.807) is 40.7 Å². The number of piperidine rings is 1. The number of sulfonamides is 1. The average molecular weight is 542 g/mol. The SMILES string of the molecule is CC1CCCC(C)N1S(=O)(=O)c1ccc(Nc2ncnc3cc(-c4ncccc4C(F)(F)F)ccc23)cc1. The van der Waals surface area contributed by atoms with E-state index in [9.17, 15) is 21.6 Å². The minimum Gasteiger partial charge on any atom is -0.340 e. The van der Waals surface area contributed by atoms with Gasteiger partial charge >= 0.3 is 6.18 Å². The first kappa shape index (κ1) is 26.1. The lowest BCUT2D eigenvalue weighted by Gasteiger charge is -2.37. The van der Waals surface area contributed by atoms with Crippen LogP contribution in [-0.2, 0) is 16.2 Å². The van der Waals surface area contributed by atoms with E-state index < -0.39 is 21.8 Å². The third kappa shape index (κ3) is 4.95. The molecule has 38 heavy (non-hydrogen) atoms. The molecule has 1 saturated heterocycles. The minimum atomic E-state index is -4.54. The molecule has 7 nitrogen and oxygen atoms in total. The number of anilines is 2. The van der Waals surface area contributed by atoms with Crippen LogP contribution in [-0.4, -0.2) is 39.8 Å². The summed E-state index contributed by atoms with van der Waals surface area (Å²) in [6.45, 7) is 3.87. The number of pyridine rings is 1. The van der Waals surface area contributed by atoms with Crippen LogP contribution in [0, 0.1) is 0 Å². The van der Waals surface area contributed by atoms with Crippen LogP contribution in [0.4, 0.5) is 24.7 Å². The molecule has 0 amide bonds. The van der Waals surface area contributed by atoms with E-state index in [2.05, 4.69) is 20.3 Å². The molecule has 1 aliphatic heterocycles. The van der Waals surface area contributed by atoms with E-state index in [1.165, 1.54) is 24.7 Å². The van der Waals surface area contributed by atoms with E-state index >= 15 is 0 Å². The van der Waals surface area contributed by atoms with Gasteiger partial charge in [0.15, 0.2) is 0 Å².